The fourth-order valence-electron chi connectivity index (χ4n) is 2.49. The molecule has 0 radical (unpaired) electrons. The third kappa shape index (κ3) is 4.72. The third-order valence-electron chi connectivity index (χ3n) is 3.72. The Morgan fingerprint density at radius 1 is 0.952 bits per heavy atom. The molecular formula is C18H31NO2. The number of aliphatic hydroxyl groups is 1. The summed E-state index contributed by atoms with van der Waals surface area (Å²) >= 11 is 0. The lowest BCUT2D eigenvalue weighted by molar-refractivity contribution is 0.217. The monoisotopic (exact) mass is 293 g/mol. The van der Waals surface area contributed by atoms with E-state index in [1.165, 1.54) is 5.56 Å². The highest BCUT2D eigenvalue weighted by atomic mass is 16.3. The van der Waals surface area contributed by atoms with Gasteiger partial charge in [0.2, 0.25) is 0 Å². The molecule has 0 aliphatic carbocycles. The van der Waals surface area contributed by atoms with Gasteiger partial charge in [-0.2, -0.15) is 0 Å². The van der Waals surface area contributed by atoms with E-state index in [1.54, 1.807) is 0 Å². The minimum atomic E-state index is -0.102. The van der Waals surface area contributed by atoms with E-state index in [0.717, 1.165) is 17.7 Å². The first-order valence-corrected chi connectivity index (χ1v) is 7.63. The number of benzene rings is 1. The quantitative estimate of drug-likeness (QED) is 0.894. The SMILES string of the molecule is CN(CCO)Cc1cc(C(C)(C)C)c(O)c(C(C)(C)C)c1. The van der Waals surface area contributed by atoms with Crippen molar-refractivity contribution in [1.29, 1.82) is 0 Å². The van der Waals surface area contributed by atoms with Crippen molar-refractivity contribution in [3.8, 4) is 5.75 Å². The molecule has 0 bridgehead atoms. The third-order valence-corrected chi connectivity index (χ3v) is 3.72. The van der Waals surface area contributed by atoms with Crippen molar-refractivity contribution in [3.63, 3.8) is 0 Å². The van der Waals surface area contributed by atoms with Crippen molar-refractivity contribution in [2.45, 2.75) is 58.9 Å². The molecular weight excluding hydrogens is 262 g/mol. The first-order chi connectivity index (χ1) is 9.46. The van der Waals surface area contributed by atoms with E-state index in [0.29, 0.717) is 12.3 Å². The molecule has 0 saturated heterocycles. The minimum absolute atomic E-state index is 0.102. The van der Waals surface area contributed by atoms with Crippen LogP contribution in [0.1, 0.15) is 58.2 Å². The minimum Gasteiger partial charge on any atom is -0.507 e. The highest BCUT2D eigenvalue weighted by Gasteiger charge is 2.26. The first-order valence-electron chi connectivity index (χ1n) is 7.63. The number of nitrogens with zero attached hydrogens (tertiary/aromatic N) is 1. The molecule has 0 amide bonds. The largest absolute Gasteiger partial charge is 0.507 e. The zero-order valence-corrected chi connectivity index (χ0v) is 14.6. The molecule has 21 heavy (non-hydrogen) atoms. The van der Waals surface area contributed by atoms with E-state index in [9.17, 15) is 5.11 Å². The van der Waals surface area contributed by atoms with Crippen molar-refractivity contribution >= 4 is 0 Å². The lowest BCUT2D eigenvalue weighted by atomic mass is 9.78. The maximum Gasteiger partial charge on any atom is 0.123 e. The average Bonchev–Trinajstić information content (AvgIpc) is 2.28. The van der Waals surface area contributed by atoms with Gasteiger partial charge in [-0.15, -0.1) is 0 Å². The Bertz CT molecular complexity index is 446. The van der Waals surface area contributed by atoms with Crippen molar-refractivity contribution in [2.75, 3.05) is 20.2 Å². The number of rotatable bonds is 4. The van der Waals surface area contributed by atoms with Gasteiger partial charge in [-0.25, -0.2) is 0 Å². The Labute approximate surface area is 129 Å². The second kappa shape index (κ2) is 6.37. The van der Waals surface area contributed by atoms with Crippen LogP contribution in [0.25, 0.3) is 0 Å². The maximum atomic E-state index is 10.7. The van der Waals surface area contributed by atoms with E-state index < -0.39 is 0 Å². The van der Waals surface area contributed by atoms with E-state index in [-0.39, 0.29) is 17.4 Å². The van der Waals surface area contributed by atoms with Gasteiger partial charge < -0.3 is 10.2 Å². The molecule has 120 valence electrons. The lowest BCUT2D eigenvalue weighted by Crippen LogP contribution is -2.23. The topological polar surface area (TPSA) is 43.7 Å². The second-order valence-electron chi connectivity index (χ2n) is 8.00. The van der Waals surface area contributed by atoms with Gasteiger partial charge in [0.1, 0.15) is 5.75 Å². The molecule has 0 aliphatic heterocycles. The van der Waals surface area contributed by atoms with E-state index in [4.69, 9.17) is 5.11 Å². The molecule has 0 fully saturated rings. The van der Waals surface area contributed by atoms with Crippen LogP contribution in [0.4, 0.5) is 0 Å². The summed E-state index contributed by atoms with van der Waals surface area (Å²) in [5.41, 5.74) is 2.95. The van der Waals surface area contributed by atoms with Crippen LogP contribution in [0.5, 0.6) is 5.75 Å². The lowest BCUT2D eigenvalue weighted by Gasteiger charge is -2.29. The number of hydrogen-bond donors (Lipinski definition) is 2. The molecule has 0 spiro atoms. The van der Waals surface area contributed by atoms with Crippen LogP contribution in [0.3, 0.4) is 0 Å². The molecule has 2 N–H and O–H groups in total. The summed E-state index contributed by atoms with van der Waals surface area (Å²) in [6.45, 7) is 14.3. The number of hydrogen-bond acceptors (Lipinski definition) is 3. The Morgan fingerprint density at radius 2 is 1.38 bits per heavy atom. The van der Waals surface area contributed by atoms with Gasteiger partial charge in [0.15, 0.2) is 0 Å². The van der Waals surface area contributed by atoms with E-state index in [1.807, 2.05) is 7.05 Å². The number of aliphatic hydroxyl groups excluding tert-OH is 1. The van der Waals surface area contributed by atoms with Crippen molar-refractivity contribution in [1.82, 2.24) is 4.90 Å². The first kappa shape index (κ1) is 18.0. The van der Waals surface area contributed by atoms with Crippen LogP contribution < -0.4 is 0 Å². The van der Waals surface area contributed by atoms with Gasteiger partial charge in [0.25, 0.3) is 0 Å². The standard InChI is InChI=1S/C18H31NO2/c1-17(2,3)14-10-13(12-19(7)8-9-20)11-15(16(14)21)18(4,5)6/h10-11,20-21H,8-9,12H2,1-7H3. The Morgan fingerprint density at radius 3 is 1.71 bits per heavy atom. The summed E-state index contributed by atoms with van der Waals surface area (Å²) in [5.74, 6) is 0.420. The van der Waals surface area contributed by atoms with Gasteiger partial charge >= 0.3 is 0 Å². The average molecular weight is 293 g/mol. The molecule has 1 aromatic carbocycles. The molecule has 0 aromatic heterocycles. The van der Waals surface area contributed by atoms with Crippen molar-refractivity contribution in [2.24, 2.45) is 0 Å². The van der Waals surface area contributed by atoms with Crippen LogP contribution >= 0.6 is 0 Å². The summed E-state index contributed by atoms with van der Waals surface area (Å²) in [6, 6.07) is 4.19. The fourth-order valence-corrected chi connectivity index (χ4v) is 2.49. The van der Waals surface area contributed by atoms with Crippen LogP contribution in [-0.2, 0) is 17.4 Å². The molecule has 3 heteroatoms. The van der Waals surface area contributed by atoms with E-state index in [2.05, 4.69) is 58.6 Å². The Hall–Kier alpha value is -1.06. The number of likely N-dealkylation sites (N-methyl/N-ethyl adjacent to an activating group) is 1. The zero-order chi connectivity index (χ0) is 16.4. The van der Waals surface area contributed by atoms with Crippen molar-refractivity contribution in [3.05, 3.63) is 28.8 Å². The number of phenolic OH excluding ortho intramolecular Hbond substituents is 1. The molecule has 0 aliphatic rings. The van der Waals surface area contributed by atoms with Gasteiger partial charge in [-0.3, -0.25) is 4.90 Å². The summed E-state index contributed by atoms with van der Waals surface area (Å²) in [4.78, 5) is 2.09. The van der Waals surface area contributed by atoms with Gasteiger partial charge in [-0.05, 0) is 34.6 Å². The Kier molecular flexibility index (Phi) is 5.46. The van der Waals surface area contributed by atoms with Gasteiger partial charge in [0.05, 0.1) is 6.61 Å². The molecule has 0 atom stereocenters. The molecule has 0 unspecified atom stereocenters. The van der Waals surface area contributed by atoms with Crippen LogP contribution in [0.2, 0.25) is 0 Å². The Balaban J connectivity index is 3.34. The molecule has 3 nitrogen and oxygen atoms in total. The molecule has 1 aromatic rings. The van der Waals surface area contributed by atoms with E-state index >= 15 is 0 Å². The summed E-state index contributed by atoms with van der Waals surface area (Å²) in [7, 11) is 2.00. The summed E-state index contributed by atoms with van der Waals surface area (Å²) in [5, 5.41) is 19.7. The highest BCUT2D eigenvalue weighted by molar-refractivity contribution is 5.49. The highest BCUT2D eigenvalue weighted by Crippen LogP contribution is 2.39. The normalized spacial score (nSPS) is 13.0. The van der Waals surface area contributed by atoms with Crippen molar-refractivity contribution < 1.29 is 10.2 Å². The second-order valence-corrected chi connectivity index (χ2v) is 8.00. The predicted molar refractivity (Wildman–Crippen MR) is 88.9 cm³/mol. The number of phenols is 1. The summed E-state index contributed by atoms with van der Waals surface area (Å²) in [6.07, 6.45) is 0. The molecule has 0 saturated carbocycles. The summed E-state index contributed by atoms with van der Waals surface area (Å²) < 4.78 is 0. The van der Waals surface area contributed by atoms with Gasteiger partial charge in [0, 0.05) is 13.1 Å². The van der Waals surface area contributed by atoms with Gasteiger partial charge in [-0.1, -0.05) is 53.7 Å². The van der Waals surface area contributed by atoms with Crippen LogP contribution in [-0.4, -0.2) is 35.3 Å². The van der Waals surface area contributed by atoms with Crippen LogP contribution in [0.15, 0.2) is 12.1 Å². The molecule has 0 heterocycles. The fraction of sp³-hybridized carbons (Fsp3) is 0.667. The zero-order valence-electron chi connectivity index (χ0n) is 14.6. The number of aromatic hydroxyl groups is 1. The van der Waals surface area contributed by atoms with Crippen LogP contribution in [0, 0.1) is 0 Å². The predicted octanol–water partition coefficient (Wildman–Crippen LogP) is 3.41. The smallest absolute Gasteiger partial charge is 0.123 e. The molecule has 1 rings (SSSR count). The maximum absolute atomic E-state index is 10.7.